The molecule has 0 unspecified atom stereocenters. The maximum Gasteiger partial charge on any atom is 0.205 e. The molecule has 1 rings (SSSR count). The summed E-state index contributed by atoms with van der Waals surface area (Å²) in [6.07, 6.45) is 1.53. The Hall–Kier alpha value is 1.11. The van der Waals surface area contributed by atoms with Gasteiger partial charge in [-0.2, -0.15) is 0 Å². The van der Waals surface area contributed by atoms with E-state index in [2.05, 4.69) is 0 Å². The van der Waals surface area contributed by atoms with Crippen LogP contribution in [0.4, 0.5) is 0 Å². The number of halogens is 2. The van der Waals surface area contributed by atoms with Crippen LogP contribution in [0.15, 0.2) is 0 Å². The topological polar surface area (TPSA) is 92.5 Å². The van der Waals surface area contributed by atoms with E-state index < -0.39 is 15.5 Å². The van der Waals surface area contributed by atoms with Crippen LogP contribution in [0, 0.1) is 5.41 Å². The van der Waals surface area contributed by atoms with Crippen LogP contribution in [0.2, 0.25) is 0 Å². The molecule has 15 heavy (non-hydrogen) atoms. The van der Waals surface area contributed by atoms with E-state index in [0.29, 0.717) is 19.3 Å². The number of aliphatic hydroxyl groups is 2. The van der Waals surface area contributed by atoms with Gasteiger partial charge in [-0.15, -0.1) is 0 Å². The first-order valence-corrected chi connectivity index (χ1v) is 5.31. The second-order valence-corrected chi connectivity index (χ2v) is 5.40. The van der Waals surface area contributed by atoms with Crippen LogP contribution in [0.5, 0.6) is 0 Å². The molecule has 0 aromatic rings. The molecular weight excluding hydrogens is 422 g/mol. The average molecular weight is 438 g/mol. The Balaban J connectivity index is 0.00000196. The molecule has 7 heteroatoms. The van der Waals surface area contributed by atoms with Gasteiger partial charge in [0.1, 0.15) is 0 Å². The molecule has 0 bridgehead atoms. The molecule has 0 saturated heterocycles. The summed E-state index contributed by atoms with van der Waals surface area (Å²) < 4.78 is -1.59. The Morgan fingerprint density at radius 2 is 1.53 bits per heavy atom. The standard InChI is InChI=1S/C8H16Cl2N2O2.Pt/c9-7(10)3-1-2-6(4-11,5-12)8(7,13)14;/h13-14H,1-5,11-12H2;. The minimum absolute atomic E-state index is 0. The molecule has 0 atom stereocenters. The minimum atomic E-state index is -2.23. The molecule has 0 aliphatic heterocycles. The molecular formula is C8H16Cl2N2O2Pt. The van der Waals surface area contributed by atoms with Crippen LogP contribution in [-0.4, -0.2) is 33.4 Å². The van der Waals surface area contributed by atoms with Gasteiger partial charge in [0, 0.05) is 34.2 Å². The van der Waals surface area contributed by atoms with E-state index in [1.165, 1.54) is 0 Å². The molecule has 4 nitrogen and oxygen atoms in total. The second-order valence-electron chi connectivity index (χ2n) is 3.92. The molecule has 0 radical (unpaired) electrons. The van der Waals surface area contributed by atoms with Crippen molar-refractivity contribution in [1.29, 1.82) is 0 Å². The summed E-state index contributed by atoms with van der Waals surface area (Å²) in [5.74, 6) is -2.23. The van der Waals surface area contributed by atoms with E-state index in [1.54, 1.807) is 0 Å². The Kier molecular flexibility index (Phi) is 5.56. The Morgan fingerprint density at radius 3 is 1.87 bits per heavy atom. The largest absolute Gasteiger partial charge is 0.363 e. The van der Waals surface area contributed by atoms with Crippen LogP contribution >= 0.6 is 23.2 Å². The fraction of sp³-hybridized carbons (Fsp3) is 1.00. The van der Waals surface area contributed by atoms with Gasteiger partial charge < -0.3 is 21.7 Å². The third-order valence-corrected chi connectivity index (χ3v) is 4.08. The van der Waals surface area contributed by atoms with Gasteiger partial charge in [0.2, 0.25) is 5.79 Å². The molecule has 1 aliphatic rings. The molecule has 1 aliphatic carbocycles. The number of rotatable bonds is 2. The predicted octanol–water partition coefficient (Wildman–Crippen LogP) is -0.0736. The van der Waals surface area contributed by atoms with Crippen LogP contribution in [-0.2, 0) is 21.1 Å². The molecule has 0 spiro atoms. The predicted molar refractivity (Wildman–Crippen MR) is 56.0 cm³/mol. The summed E-state index contributed by atoms with van der Waals surface area (Å²) in [5.41, 5.74) is 10.1. The van der Waals surface area contributed by atoms with Crippen molar-refractivity contribution in [2.24, 2.45) is 16.9 Å². The summed E-state index contributed by atoms with van der Waals surface area (Å²) >= 11 is 11.7. The van der Waals surface area contributed by atoms with Gasteiger partial charge in [-0.1, -0.05) is 23.2 Å². The first-order chi connectivity index (χ1) is 6.33. The second kappa shape index (κ2) is 5.17. The average Bonchev–Trinajstić information content (AvgIpc) is 2.10. The van der Waals surface area contributed by atoms with Gasteiger partial charge in [0.05, 0.1) is 5.41 Å². The van der Waals surface area contributed by atoms with E-state index in [-0.39, 0.29) is 34.2 Å². The quantitative estimate of drug-likeness (QED) is 0.359. The van der Waals surface area contributed by atoms with Gasteiger partial charge >= 0.3 is 0 Å². The molecule has 0 aromatic heterocycles. The first-order valence-electron chi connectivity index (χ1n) is 4.56. The van der Waals surface area contributed by atoms with Crippen LogP contribution in [0.3, 0.4) is 0 Å². The smallest absolute Gasteiger partial charge is 0.205 e. The van der Waals surface area contributed by atoms with E-state index >= 15 is 0 Å². The van der Waals surface area contributed by atoms with E-state index in [1.807, 2.05) is 0 Å². The summed E-state index contributed by atoms with van der Waals surface area (Å²) in [5, 5.41) is 19.9. The van der Waals surface area contributed by atoms with Gasteiger partial charge in [-0.05, 0) is 19.3 Å². The number of hydrogen-bond acceptors (Lipinski definition) is 4. The zero-order valence-corrected chi connectivity index (χ0v) is 11.9. The van der Waals surface area contributed by atoms with Gasteiger partial charge in [0.15, 0.2) is 4.33 Å². The fourth-order valence-electron chi connectivity index (χ4n) is 1.96. The summed E-state index contributed by atoms with van der Waals surface area (Å²) in [7, 11) is 0. The fourth-order valence-corrected chi connectivity index (χ4v) is 2.63. The van der Waals surface area contributed by atoms with Gasteiger partial charge in [0.25, 0.3) is 0 Å². The molecule has 1 saturated carbocycles. The maximum atomic E-state index is 9.94. The molecule has 94 valence electrons. The normalized spacial score (nSPS) is 26.8. The molecule has 0 heterocycles. The molecule has 6 N–H and O–H groups in total. The van der Waals surface area contributed by atoms with Crippen molar-refractivity contribution in [1.82, 2.24) is 0 Å². The Labute approximate surface area is 114 Å². The van der Waals surface area contributed by atoms with Gasteiger partial charge in [-0.25, -0.2) is 0 Å². The minimum Gasteiger partial charge on any atom is -0.363 e. The first kappa shape index (κ1) is 16.1. The van der Waals surface area contributed by atoms with Crippen LogP contribution in [0.1, 0.15) is 19.3 Å². The monoisotopic (exact) mass is 437 g/mol. The Morgan fingerprint density at radius 1 is 1.07 bits per heavy atom. The van der Waals surface area contributed by atoms with Crippen LogP contribution in [0.25, 0.3) is 0 Å². The van der Waals surface area contributed by atoms with Gasteiger partial charge in [-0.3, -0.25) is 0 Å². The van der Waals surface area contributed by atoms with Crippen molar-refractivity contribution in [2.75, 3.05) is 13.1 Å². The summed E-state index contributed by atoms with van der Waals surface area (Å²) in [4.78, 5) is 0. The van der Waals surface area contributed by atoms with Crippen molar-refractivity contribution in [3.05, 3.63) is 0 Å². The van der Waals surface area contributed by atoms with E-state index in [9.17, 15) is 10.2 Å². The Bertz CT molecular complexity index is 223. The number of hydrogen-bond donors (Lipinski definition) is 4. The van der Waals surface area contributed by atoms with E-state index in [0.717, 1.165) is 0 Å². The third kappa shape index (κ3) is 2.37. The molecule has 1 fully saturated rings. The van der Waals surface area contributed by atoms with Crippen molar-refractivity contribution in [2.45, 2.75) is 29.4 Å². The van der Waals surface area contributed by atoms with E-state index in [4.69, 9.17) is 34.7 Å². The van der Waals surface area contributed by atoms with Crippen molar-refractivity contribution in [3.63, 3.8) is 0 Å². The summed E-state index contributed by atoms with van der Waals surface area (Å²) in [6, 6.07) is 0. The van der Waals surface area contributed by atoms with Crippen molar-refractivity contribution in [3.8, 4) is 0 Å². The zero-order valence-electron chi connectivity index (χ0n) is 8.16. The molecule has 0 aromatic carbocycles. The van der Waals surface area contributed by atoms with Crippen molar-refractivity contribution >= 4 is 23.2 Å². The third-order valence-electron chi connectivity index (χ3n) is 3.18. The zero-order chi connectivity index (χ0) is 11.0. The number of alkyl halides is 2. The number of nitrogens with two attached hydrogens (primary N) is 2. The SMILES string of the molecule is NCC1(CN)CCCC(Cl)(Cl)C1(O)O.[Pt]. The maximum absolute atomic E-state index is 9.94. The molecule has 0 amide bonds. The summed E-state index contributed by atoms with van der Waals surface area (Å²) in [6.45, 7) is 0.107. The van der Waals surface area contributed by atoms with Crippen molar-refractivity contribution < 1.29 is 31.3 Å². The van der Waals surface area contributed by atoms with Crippen LogP contribution < -0.4 is 11.5 Å².